The van der Waals surface area contributed by atoms with Crippen molar-refractivity contribution in [2.45, 2.75) is 43.4 Å². The van der Waals surface area contributed by atoms with Crippen LogP contribution < -0.4 is 10.6 Å². The van der Waals surface area contributed by atoms with Gasteiger partial charge in [0.15, 0.2) is 11.6 Å². The lowest BCUT2D eigenvalue weighted by Crippen LogP contribution is -2.46. The molecule has 2 aromatic heterocycles. The number of nitrogens with zero attached hydrogens (tertiary/aromatic N) is 4. The van der Waals surface area contributed by atoms with E-state index in [0.29, 0.717) is 6.04 Å². The van der Waals surface area contributed by atoms with Gasteiger partial charge in [0, 0.05) is 37.5 Å². The second kappa shape index (κ2) is 10.2. The van der Waals surface area contributed by atoms with Crippen LogP contribution in [-0.4, -0.2) is 51.7 Å². The zero-order valence-corrected chi connectivity index (χ0v) is 18.0. The Morgan fingerprint density at radius 1 is 1.36 bits per heavy atom. The van der Waals surface area contributed by atoms with E-state index in [1.54, 1.807) is 0 Å². The van der Waals surface area contributed by atoms with Crippen LogP contribution in [-0.2, 0) is 6.42 Å². The van der Waals surface area contributed by atoms with E-state index in [0.717, 1.165) is 35.6 Å². The summed E-state index contributed by atoms with van der Waals surface area (Å²) in [6.45, 7) is 0.786. The van der Waals surface area contributed by atoms with Crippen LogP contribution in [0.15, 0.2) is 29.4 Å². The Labute approximate surface area is 170 Å². The first kappa shape index (κ1) is 20.3. The molecule has 3 rings (SSSR count). The second-order valence-electron chi connectivity index (χ2n) is 6.16. The van der Waals surface area contributed by atoms with Crippen molar-refractivity contribution >= 4 is 47.3 Å². The molecule has 25 heavy (non-hydrogen) atoms. The number of aliphatic imine (C=N–C) groups is 1. The van der Waals surface area contributed by atoms with Gasteiger partial charge in [-0.15, -0.1) is 34.2 Å². The summed E-state index contributed by atoms with van der Waals surface area (Å²) in [7, 11) is 1.83. The summed E-state index contributed by atoms with van der Waals surface area (Å²) >= 11 is 1.98. The molecule has 1 saturated carbocycles. The van der Waals surface area contributed by atoms with Gasteiger partial charge in [0.1, 0.15) is 5.82 Å². The zero-order chi connectivity index (χ0) is 16.8. The smallest absolute Gasteiger partial charge is 0.191 e. The predicted molar refractivity (Wildman–Crippen MR) is 116 cm³/mol. The molecule has 0 spiro atoms. The average molecular weight is 474 g/mol. The number of fused-ring (bicyclic) bond motifs is 1. The Morgan fingerprint density at radius 2 is 2.24 bits per heavy atom. The molecular weight excluding hydrogens is 447 g/mol. The summed E-state index contributed by atoms with van der Waals surface area (Å²) in [6.07, 6.45) is 10.1. The van der Waals surface area contributed by atoms with E-state index < -0.39 is 0 Å². The van der Waals surface area contributed by atoms with Crippen molar-refractivity contribution in [3.8, 4) is 0 Å². The Hall–Kier alpha value is -1.03. The quantitative estimate of drug-likeness (QED) is 0.397. The molecule has 138 valence electrons. The van der Waals surface area contributed by atoms with E-state index in [1.165, 1.54) is 25.7 Å². The van der Waals surface area contributed by atoms with Crippen molar-refractivity contribution in [2.75, 3.05) is 19.8 Å². The minimum Gasteiger partial charge on any atom is -0.356 e. The number of aromatic nitrogens is 3. The second-order valence-corrected chi connectivity index (χ2v) is 7.30. The van der Waals surface area contributed by atoms with Crippen LogP contribution in [0.25, 0.3) is 5.65 Å². The fraction of sp³-hybridized carbons (Fsp3) is 0.588. The molecule has 2 unspecified atom stereocenters. The minimum atomic E-state index is 0. The standard InChI is InChI=1S/C17H26N6S.HI/c1-18-17(20-13-6-5-7-14(12-13)24-2)19-10-9-16-22-21-15-8-3-4-11-23(15)16;/h3-4,8,11,13-14H,5-7,9-10,12H2,1-2H3,(H2,18,19,20);1H. The number of halogens is 1. The number of pyridine rings is 1. The molecule has 2 N–H and O–H groups in total. The van der Waals surface area contributed by atoms with E-state index in [2.05, 4.69) is 32.1 Å². The van der Waals surface area contributed by atoms with Gasteiger partial charge >= 0.3 is 0 Å². The number of guanidine groups is 1. The molecule has 6 nitrogen and oxygen atoms in total. The van der Waals surface area contributed by atoms with E-state index in [9.17, 15) is 0 Å². The third-order valence-electron chi connectivity index (χ3n) is 4.55. The van der Waals surface area contributed by atoms with Gasteiger partial charge in [-0.25, -0.2) is 0 Å². The molecule has 0 saturated heterocycles. The first-order valence-electron chi connectivity index (χ1n) is 8.58. The van der Waals surface area contributed by atoms with E-state index in [4.69, 9.17) is 0 Å². The van der Waals surface area contributed by atoms with Crippen molar-refractivity contribution in [3.63, 3.8) is 0 Å². The summed E-state index contributed by atoms with van der Waals surface area (Å²) in [5.41, 5.74) is 0.889. The minimum absolute atomic E-state index is 0. The van der Waals surface area contributed by atoms with Gasteiger partial charge in [0.25, 0.3) is 0 Å². The molecule has 2 aromatic rings. The lowest BCUT2D eigenvalue weighted by Gasteiger charge is -2.29. The number of nitrogens with one attached hydrogen (secondary N) is 2. The van der Waals surface area contributed by atoms with Gasteiger partial charge in [-0.05, 0) is 37.7 Å². The van der Waals surface area contributed by atoms with Crippen molar-refractivity contribution in [1.29, 1.82) is 0 Å². The lowest BCUT2D eigenvalue weighted by molar-refractivity contribution is 0.419. The molecule has 0 bridgehead atoms. The SMILES string of the molecule is CN=C(NCCc1nnc2ccccn12)NC1CCCC(SC)C1.I. The fourth-order valence-electron chi connectivity index (χ4n) is 3.23. The lowest BCUT2D eigenvalue weighted by atomic mass is 9.95. The number of hydrogen-bond donors (Lipinski definition) is 2. The maximum atomic E-state index is 4.36. The summed E-state index contributed by atoms with van der Waals surface area (Å²) in [4.78, 5) is 4.36. The van der Waals surface area contributed by atoms with Crippen LogP contribution in [0, 0.1) is 0 Å². The summed E-state index contributed by atoms with van der Waals surface area (Å²) in [5, 5.41) is 16.2. The molecular formula is C17H27IN6S. The molecule has 0 radical (unpaired) electrons. The molecule has 0 aliphatic heterocycles. The van der Waals surface area contributed by atoms with Gasteiger partial charge < -0.3 is 10.6 Å². The highest BCUT2D eigenvalue weighted by Crippen LogP contribution is 2.26. The maximum absolute atomic E-state index is 4.36. The highest BCUT2D eigenvalue weighted by Gasteiger charge is 2.21. The third-order valence-corrected chi connectivity index (χ3v) is 5.64. The first-order valence-corrected chi connectivity index (χ1v) is 9.87. The molecule has 1 aliphatic rings. The van der Waals surface area contributed by atoms with E-state index >= 15 is 0 Å². The number of thioether (sulfide) groups is 1. The van der Waals surface area contributed by atoms with Crippen LogP contribution in [0.2, 0.25) is 0 Å². The van der Waals surface area contributed by atoms with Crippen molar-refractivity contribution in [2.24, 2.45) is 4.99 Å². The Bertz CT molecular complexity index is 689. The zero-order valence-electron chi connectivity index (χ0n) is 14.8. The number of hydrogen-bond acceptors (Lipinski definition) is 4. The molecule has 0 amide bonds. The topological polar surface area (TPSA) is 66.6 Å². The van der Waals surface area contributed by atoms with Gasteiger partial charge in [0.05, 0.1) is 0 Å². The monoisotopic (exact) mass is 474 g/mol. The van der Waals surface area contributed by atoms with Gasteiger partial charge in [-0.2, -0.15) is 11.8 Å². The molecule has 0 aromatic carbocycles. The first-order chi connectivity index (χ1) is 11.8. The highest BCUT2D eigenvalue weighted by atomic mass is 127. The third kappa shape index (κ3) is 5.47. The normalized spacial score (nSPS) is 21.0. The maximum Gasteiger partial charge on any atom is 0.191 e. The molecule has 8 heteroatoms. The molecule has 2 atom stereocenters. The van der Waals surface area contributed by atoms with Crippen molar-refractivity contribution in [3.05, 3.63) is 30.2 Å². The van der Waals surface area contributed by atoms with Crippen molar-refractivity contribution in [1.82, 2.24) is 25.2 Å². The van der Waals surface area contributed by atoms with Crippen LogP contribution in [0.1, 0.15) is 31.5 Å². The average Bonchev–Trinajstić information content (AvgIpc) is 3.04. The fourth-order valence-corrected chi connectivity index (χ4v) is 4.06. The van der Waals surface area contributed by atoms with Crippen LogP contribution in [0.3, 0.4) is 0 Å². The molecule has 2 heterocycles. The number of rotatable bonds is 5. The Morgan fingerprint density at radius 3 is 3.04 bits per heavy atom. The van der Waals surface area contributed by atoms with Crippen LogP contribution in [0.5, 0.6) is 0 Å². The highest BCUT2D eigenvalue weighted by molar-refractivity contribution is 14.0. The van der Waals surface area contributed by atoms with Gasteiger partial charge in [-0.1, -0.05) is 12.5 Å². The van der Waals surface area contributed by atoms with Crippen molar-refractivity contribution < 1.29 is 0 Å². The Balaban J connectivity index is 0.00000225. The Kier molecular flexibility index (Phi) is 8.28. The van der Waals surface area contributed by atoms with Gasteiger partial charge in [-0.3, -0.25) is 9.39 Å². The largest absolute Gasteiger partial charge is 0.356 e. The summed E-state index contributed by atoms with van der Waals surface area (Å²) in [6, 6.07) is 6.47. The van der Waals surface area contributed by atoms with Crippen LogP contribution in [0.4, 0.5) is 0 Å². The van der Waals surface area contributed by atoms with E-state index in [-0.39, 0.29) is 24.0 Å². The predicted octanol–water partition coefficient (Wildman–Crippen LogP) is 2.73. The summed E-state index contributed by atoms with van der Waals surface area (Å²) < 4.78 is 2.03. The van der Waals surface area contributed by atoms with E-state index in [1.807, 2.05) is 47.6 Å². The molecule has 1 aliphatic carbocycles. The molecule has 1 fully saturated rings. The van der Waals surface area contributed by atoms with Crippen LogP contribution >= 0.6 is 35.7 Å². The van der Waals surface area contributed by atoms with Gasteiger partial charge in [0.2, 0.25) is 0 Å². The summed E-state index contributed by atoms with van der Waals surface area (Å²) in [5.74, 6) is 1.85.